The highest BCUT2D eigenvalue weighted by Crippen LogP contribution is 2.46. The third-order valence-electron chi connectivity index (χ3n) is 8.32. The van der Waals surface area contributed by atoms with Gasteiger partial charge in [0.25, 0.3) is 0 Å². The van der Waals surface area contributed by atoms with Crippen molar-refractivity contribution < 1.29 is 0 Å². The molecule has 0 bridgehead atoms. The van der Waals surface area contributed by atoms with Crippen molar-refractivity contribution in [2.45, 2.75) is 109 Å². The molecule has 0 radical (unpaired) electrons. The van der Waals surface area contributed by atoms with Gasteiger partial charge in [0.2, 0.25) is 0 Å². The molecule has 2 aliphatic carbocycles. The zero-order valence-corrected chi connectivity index (χ0v) is 16.3. The van der Waals surface area contributed by atoms with E-state index in [0.29, 0.717) is 0 Å². The van der Waals surface area contributed by atoms with Gasteiger partial charge in [-0.05, 0) is 62.7 Å². The standard InChI is InChI=1S/C22H40N2/c1-3-17-10-12-21-20(18(4-2)16-17)11-13-22-23(14-15-24(21)22)19-8-6-5-7-9-19/h17-22H,3-16H2,1-2H3. The molecule has 5 atom stereocenters. The summed E-state index contributed by atoms with van der Waals surface area (Å²) in [4.78, 5) is 5.96. The predicted molar refractivity (Wildman–Crippen MR) is 102 cm³/mol. The normalized spacial score (nSPS) is 42.5. The number of piperidine rings is 1. The second kappa shape index (κ2) is 7.66. The highest BCUT2D eigenvalue weighted by molar-refractivity contribution is 4.99. The van der Waals surface area contributed by atoms with Gasteiger partial charge in [0.1, 0.15) is 0 Å². The van der Waals surface area contributed by atoms with E-state index >= 15 is 0 Å². The van der Waals surface area contributed by atoms with E-state index in [9.17, 15) is 0 Å². The Kier molecular flexibility index (Phi) is 5.53. The molecular formula is C22H40N2. The fourth-order valence-corrected chi connectivity index (χ4v) is 6.95. The van der Waals surface area contributed by atoms with Crippen LogP contribution in [-0.4, -0.2) is 41.1 Å². The lowest BCUT2D eigenvalue weighted by Crippen LogP contribution is -2.54. The molecule has 0 spiro atoms. The summed E-state index contributed by atoms with van der Waals surface area (Å²) in [6.45, 7) is 7.63. The molecule has 0 aromatic heterocycles. The molecule has 0 aromatic rings. The summed E-state index contributed by atoms with van der Waals surface area (Å²) in [7, 11) is 0. The average molecular weight is 333 g/mol. The van der Waals surface area contributed by atoms with Crippen molar-refractivity contribution in [1.29, 1.82) is 0 Å². The predicted octanol–water partition coefficient (Wildman–Crippen LogP) is 5.28. The van der Waals surface area contributed by atoms with Gasteiger partial charge in [-0.2, -0.15) is 0 Å². The molecule has 4 rings (SSSR count). The highest BCUT2D eigenvalue weighted by Gasteiger charge is 2.47. The lowest BCUT2D eigenvalue weighted by Gasteiger charge is -2.48. The second-order valence-electron chi connectivity index (χ2n) is 9.31. The molecule has 2 heterocycles. The summed E-state index contributed by atoms with van der Waals surface area (Å²) in [6, 6.07) is 1.83. The molecule has 5 unspecified atom stereocenters. The fraction of sp³-hybridized carbons (Fsp3) is 1.00. The van der Waals surface area contributed by atoms with Gasteiger partial charge in [-0.15, -0.1) is 0 Å². The van der Waals surface area contributed by atoms with Gasteiger partial charge >= 0.3 is 0 Å². The minimum atomic E-state index is 0.810. The van der Waals surface area contributed by atoms with Crippen molar-refractivity contribution >= 4 is 0 Å². The first-order valence-corrected chi connectivity index (χ1v) is 11.3. The summed E-state index contributed by atoms with van der Waals surface area (Å²) in [5, 5.41) is 0. The lowest BCUT2D eigenvalue weighted by molar-refractivity contribution is -0.0196. The SMILES string of the molecule is CCC1CCC2C(CCC3N(C4CCCCC4)CCN23)C(CC)C1. The molecule has 2 saturated carbocycles. The van der Waals surface area contributed by atoms with Gasteiger partial charge in [-0.1, -0.05) is 46.0 Å². The van der Waals surface area contributed by atoms with Gasteiger partial charge in [0, 0.05) is 25.2 Å². The van der Waals surface area contributed by atoms with E-state index in [0.717, 1.165) is 36.0 Å². The first-order valence-electron chi connectivity index (χ1n) is 11.3. The Labute approximate surface area is 150 Å². The summed E-state index contributed by atoms with van der Waals surface area (Å²) in [5.74, 6) is 3.03. The van der Waals surface area contributed by atoms with Crippen LogP contribution in [0.3, 0.4) is 0 Å². The van der Waals surface area contributed by atoms with Crippen molar-refractivity contribution in [3.8, 4) is 0 Å². The van der Waals surface area contributed by atoms with Crippen molar-refractivity contribution in [2.24, 2.45) is 17.8 Å². The molecule has 4 fully saturated rings. The van der Waals surface area contributed by atoms with Crippen LogP contribution in [0.2, 0.25) is 0 Å². The maximum absolute atomic E-state index is 3.00. The van der Waals surface area contributed by atoms with Crippen LogP contribution < -0.4 is 0 Å². The molecule has 0 N–H and O–H groups in total. The Morgan fingerprint density at radius 3 is 2.29 bits per heavy atom. The van der Waals surface area contributed by atoms with Crippen molar-refractivity contribution in [3.05, 3.63) is 0 Å². The lowest BCUT2D eigenvalue weighted by atomic mass is 9.76. The number of rotatable bonds is 3. The van der Waals surface area contributed by atoms with Gasteiger partial charge in [0.15, 0.2) is 0 Å². The van der Waals surface area contributed by atoms with E-state index in [1.54, 1.807) is 0 Å². The molecule has 2 aliphatic heterocycles. The third kappa shape index (κ3) is 3.18. The number of hydrogen-bond donors (Lipinski definition) is 0. The Hall–Kier alpha value is -0.0800. The largest absolute Gasteiger partial charge is 0.284 e. The monoisotopic (exact) mass is 332 g/mol. The molecule has 2 saturated heterocycles. The fourth-order valence-electron chi connectivity index (χ4n) is 6.95. The van der Waals surface area contributed by atoms with Crippen LogP contribution in [0.25, 0.3) is 0 Å². The molecule has 0 aromatic carbocycles. The first kappa shape index (κ1) is 17.3. The minimum Gasteiger partial charge on any atom is -0.284 e. The number of fused-ring (bicyclic) bond motifs is 3. The van der Waals surface area contributed by atoms with Gasteiger partial charge in [0.05, 0.1) is 6.17 Å². The van der Waals surface area contributed by atoms with Crippen LogP contribution in [0.5, 0.6) is 0 Å². The van der Waals surface area contributed by atoms with E-state index in [1.165, 1.54) is 90.1 Å². The maximum Gasteiger partial charge on any atom is 0.0628 e. The first-order chi connectivity index (χ1) is 11.8. The zero-order valence-electron chi connectivity index (χ0n) is 16.3. The van der Waals surface area contributed by atoms with Crippen molar-refractivity contribution in [2.75, 3.05) is 13.1 Å². The van der Waals surface area contributed by atoms with E-state index in [2.05, 4.69) is 23.6 Å². The van der Waals surface area contributed by atoms with E-state index in [1.807, 2.05) is 0 Å². The van der Waals surface area contributed by atoms with Crippen LogP contribution in [0, 0.1) is 17.8 Å². The summed E-state index contributed by atoms with van der Waals surface area (Å²) < 4.78 is 0. The van der Waals surface area contributed by atoms with E-state index < -0.39 is 0 Å². The summed E-state index contributed by atoms with van der Waals surface area (Å²) in [5.41, 5.74) is 0. The number of nitrogens with zero attached hydrogens (tertiary/aromatic N) is 2. The van der Waals surface area contributed by atoms with Crippen LogP contribution in [0.1, 0.15) is 90.9 Å². The highest BCUT2D eigenvalue weighted by atomic mass is 15.4. The third-order valence-corrected chi connectivity index (χ3v) is 8.32. The maximum atomic E-state index is 3.00. The van der Waals surface area contributed by atoms with Crippen LogP contribution in [0.15, 0.2) is 0 Å². The van der Waals surface area contributed by atoms with Crippen LogP contribution in [-0.2, 0) is 0 Å². The Morgan fingerprint density at radius 1 is 0.750 bits per heavy atom. The number of hydrogen-bond acceptors (Lipinski definition) is 2. The van der Waals surface area contributed by atoms with Crippen LogP contribution in [0.4, 0.5) is 0 Å². The zero-order chi connectivity index (χ0) is 16.5. The smallest absolute Gasteiger partial charge is 0.0628 e. The Morgan fingerprint density at radius 2 is 1.54 bits per heavy atom. The van der Waals surface area contributed by atoms with Gasteiger partial charge < -0.3 is 0 Å². The second-order valence-corrected chi connectivity index (χ2v) is 9.31. The van der Waals surface area contributed by atoms with Crippen molar-refractivity contribution in [1.82, 2.24) is 9.80 Å². The summed E-state index contributed by atoms with van der Waals surface area (Å²) >= 11 is 0. The van der Waals surface area contributed by atoms with Crippen molar-refractivity contribution in [3.63, 3.8) is 0 Å². The molecular weight excluding hydrogens is 292 g/mol. The summed E-state index contributed by atoms with van der Waals surface area (Å²) in [6.07, 6.45) is 18.6. The molecule has 24 heavy (non-hydrogen) atoms. The van der Waals surface area contributed by atoms with Gasteiger partial charge in [-0.3, -0.25) is 9.80 Å². The van der Waals surface area contributed by atoms with E-state index in [4.69, 9.17) is 0 Å². The molecule has 2 heteroatoms. The quantitative estimate of drug-likeness (QED) is 0.694. The molecule has 138 valence electrons. The average Bonchev–Trinajstić information content (AvgIpc) is 2.98. The van der Waals surface area contributed by atoms with Crippen LogP contribution >= 0.6 is 0 Å². The molecule has 0 amide bonds. The minimum absolute atomic E-state index is 0.810. The molecule has 4 aliphatic rings. The molecule has 2 nitrogen and oxygen atoms in total. The van der Waals surface area contributed by atoms with E-state index in [-0.39, 0.29) is 0 Å². The Bertz CT molecular complexity index is 403. The Balaban J connectivity index is 1.48. The van der Waals surface area contributed by atoms with Gasteiger partial charge in [-0.25, -0.2) is 0 Å². The topological polar surface area (TPSA) is 6.48 Å².